The molecule has 3 rings (SSSR count). The molecule has 0 aliphatic carbocycles. The van der Waals surface area contributed by atoms with Crippen LogP contribution in [0.15, 0.2) is 30.3 Å². The van der Waals surface area contributed by atoms with Crippen LogP contribution in [-0.4, -0.2) is 38.6 Å². The third kappa shape index (κ3) is 3.03. The summed E-state index contributed by atoms with van der Waals surface area (Å²) in [5, 5.41) is 20.1. The lowest BCUT2D eigenvalue weighted by Crippen LogP contribution is -2.36. The van der Waals surface area contributed by atoms with Crippen molar-refractivity contribution in [3.05, 3.63) is 46.1 Å². The Bertz CT molecular complexity index is 791. The van der Waals surface area contributed by atoms with Gasteiger partial charge in [-0.3, -0.25) is 10.1 Å². The summed E-state index contributed by atoms with van der Waals surface area (Å²) < 4.78 is 0. The fourth-order valence-corrected chi connectivity index (χ4v) is 2.86. The van der Waals surface area contributed by atoms with E-state index in [-0.39, 0.29) is 5.69 Å². The lowest BCUT2D eigenvalue weighted by Gasteiger charge is -2.23. The Morgan fingerprint density at radius 1 is 1.33 bits per heavy atom. The van der Waals surface area contributed by atoms with Crippen molar-refractivity contribution in [2.24, 2.45) is 0 Å². The largest absolute Gasteiger partial charge is 0.480 e. The van der Waals surface area contributed by atoms with E-state index in [0.717, 1.165) is 6.42 Å². The summed E-state index contributed by atoms with van der Waals surface area (Å²) in [7, 11) is 0. The Balaban J connectivity index is 1.97. The molecule has 1 atom stereocenters. The molecular weight excluding hydrogens is 312 g/mol. The first-order valence-electron chi connectivity index (χ1n) is 7.55. The number of aryl methyl sites for hydroxylation is 1. The lowest BCUT2D eigenvalue weighted by atomic mass is 10.2. The number of non-ortho nitro benzene ring substituents is 1. The zero-order valence-electron chi connectivity index (χ0n) is 13.0. The summed E-state index contributed by atoms with van der Waals surface area (Å²) in [4.78, 5) is 32.3. The maximum atomic E-state index is 11.4. The topological polar surface area (TPSA) is 109 Å². The van der Waals surface area contributed by atoms with Gasteiger partial charge >= 0.3 is 5.97 Å². The lowest BCUT2D eigenvalue weighted by molar-refractivity contribution is -0.384. The van der Waals surface area contributed by atoms with Gasteiger partial charge in [0.05, 0.1) is 4.92 Å². The van der Waals surface area contributed by atoms with Crippen LogP contribution in [0.2, 0.25) is 0 Å². The Hall–Kier alpha value is -3.03. The summed E-state index contributed by atoms with van der Waals surface area (Å²) >= 11 is 0. The van der Waals surface area contributed by atoms with Crippen LogP contribution in [0.1, 0.15) is 18.5 Å². The number of carboxylic acid groups (broad SMARTS) is 1. The van der Waals surface area contributed by atoms with Gasteiger partial charge in [-0.25, -0.2) is 14.8 Å². The summed E-state index contributed by atoms with van der Waals surface area (Å²) in [6.07, 6.45) is 1.39. The minimum absolute atomic E-state index is 0.00268. The molecule has 1 aromatic carbocycles. The second-order valence-electron chi connectivity index (χ2n) is 5.68. The molecule has 24 heavy (non-hydrogen) atoms. The molecular formula is C16H16N4O4. The van der Waals surface area contributed by atoms with Crippen molar-refractivity contribution in [1.82, 2.24) is 9.97 Å². The molecule has 124 valence electrons. The Morgan fingerprint density at radius 2 is 2.04 bits per heavy atom. The Labute approximate surface area is 137 Å². The number of nitrogens with zero attached hydrogens (tertiary/aromatic N) is 4. The molecule has 2 heterocycles. The molecule has 0 unspecified atom stereocenters. The quantitative estimate of drug-likeness (QED) is 0.678. The van der Waals surface area contributed by atoms with Crippen molar-refractivity contribution in [3.8, 4) is 11.4 Å². The molecule has 8 nitrogen and oxygen atoms in total. The van der Waals surface area contributed by atoms with Crippen molar-refractivity contribution in [2.75, 3.05) is 11.4 Å². The number of rotatable bonds is 4. The van der Waals surface area contributed by atoms with Gasteiger partial charge in [0, 0.05) is 36.0 Å². The molecule has 0 bridgehead atoms. The van der Waals surface area contributed by atoms with Crippen LogP contribution in [0, 0.1) is 17.0 Å². The Kier molecular flexibility index (Phi) is 4.11. The molecule has 0 saturated carbocycles. The van der Waals surface area contributed by atoms with Crippen LogP contribution in [0.5, 0.6) is 0 Å². The number of nitro benzene ring substituents is 1. The van der Waals surface area contributed by atoms with E-state index in [4.69, 9.17) is 0 Å². The van der Waals surface area contributed by atoms with Gasteiger partial charge in [-0.15, -0.1) is 0 Å². The van der Waals surface area contributed by atoms with Crippen LogP contribution < -0.4 is 4.90 Å². The summed E-state index contributed by atoms with van der Waals surface area (Å²) in [6, 6.07) is 7.16. The molecule has 2 aromatic rings. The number of nitro groups is 1. The average Bonchev–Trinajstić information content (AvgIpc) is 3.04. The number of hydrogen-bond acceptors (Lipinski definition) is 6. The molecule has 1 saturated heterocycles. The van der Waals surface area contributed by atoms with E-state index < -0.39 is 16.9 Å². The van der Waals surface area contributed by atoms with E-state index in [9.17, 15) is 20.0 Å². The normalized spacial score (nSPS) is 17.0. The third-order valence-corrected chi connectivity index (χ3v) is 4.01. The van der Waals surface area contributed by atoms with Crippen LogP contribution in [-0.2, 0) is 4.79 Å². The molecule has 1 aromatic heterocycles. The van der Waals surface area contributed by atoms with Crippen LogP contribution in [0.4, 0.5) is 11.5 Å². The smallest absolute Gasteiger partial charge is 0.326 e. The minimum Gasteiger partial charge on any atom is -0.480 e. The highest BCUT2D eigenvalue weighted by Crippen LogP contribution is 2.27. The van der Waals surface area contributed by atoms with Crippen molar-refractivity contribution in [3.63, 3.8) is 0 Å². The Morgan fingerprint density at radius 3 is 2.67 bits per heavy atom. The monoisotopic (exact) mass is 328 g/mol. The van der Waals surface area contributed by atoms with Gasteiger partial charge < -0.3 is 10.0 Å². The summed E-state index contributed by atoms with van der Waals surface area (Å²) in [5.41, 5.74) is 1.36. The first-order chi connectivity index (χ1) is 11.5. The molecule has 0 amide bonds. The van der Waals surface area contributed by atoms with E-state index in [2.05, 4.69) is 9.97 Å². The van der Waals surface area contributed by atoms with E-state index >= 15 is 0 Å². The first kappa shape index (κ1) is 15.9. The second-order valence-corrected chi connectivity index (χ2v) is 5.68. The number of aliphatic carboxylic acids is 1. The van der Waals surface area contributed by atoms with Crippen molar-refractivity contribution in [2.45, 2.75) is 25.8 Å². The molecule has 1 fully saturated rings. The van der Waals surface area contributed by atoms with Crippen molar-refractivity contribution >= 4 is 17.5 Å². The van der Waals surface area contributed by atoms with Crippen molar-refractivity contribution in [1.29, 1.82) is 0 Å². The SMILES string of the molecule is Cc1cc(N2CCC[C@@H]2C(=O)O)nc(-c2ccc([N+](=O)[O-])cc2)n1. The zero-order valence-corrected chi connectivity index (χ0v) is 13.0. The maximum Gasteiger partial charge on any atom is 0.326 e. The van der Waals surface area contributed by atoms with Crippen molar-refractivity contribution < 1.29 is 14.8 Å². The van der Waals surface area contributed by atoms with Gasteiger partial charge in [-0.05, 0) is 31.9 Å². The summed E-state index contributed by atoms with van der Waals surface area (Å²) in [5.74, 6) is 0.136. The second kappa shape index (κ2) is 6.23. The first-order valence-corrected chi connectivity index (χ1v) is 7.55. The zero-order chi connectivity index (χ0) is 17.3. The van der Waals surface area contributed by atoms with Gasteiger partial charge in [-0.1, -0.05) is 0 Å². The maximum absolute atomic E-state index is 11.4. The predicted octanol–water partition coefficient (Wildman–Crippen LogP) is 2.41. The predicted molar refractivity (Wildman–Crippen MR) is 86.9 cm³/mol. The molecule has 0 spiro atoms. The number of aromatic nitrogens is 2. The van der Waals surface area contributed by atoms with Gasteiger partial charge in [0.15, 0.2) is 5.82 Å². The molecule has 1 aliphatic rings. The highest BCUT2D eigenvalue weighted by atomic mass is 16.6. The van der Waals surface area contributed by atoms with Gasteiger partial charge in [0.2, 0.25) is 0 Å². The van der Waals surface area contributed by atoms with Gasteiger partial charge in [0.1, 0.15) is 11.9 Å². The van der Waals surface area contributed by atoms with Crippen LogP contribution in [0.25, 0.3) is 11.4 Å². The minimum atomic E-state index is -0.861. The number of hydrogen-bond donors (Lipinski definition) is 1. The number of carboxylic acids is 1. The van der Waals surface area contributed by atoms with E-state index in [1.54, 1.807) is 23.1 Å². The van der Waals surface area contributed by atoms with E-state index in [1.807, 2.05) is 6.92 Å². The molecule has 1 aliphatic heterocycles. The fraction of sp³-hybridized carbons (Fsp3) is 0.312. The molecule has 0 radical (unpaired) electrons. The third-order valence-electron chi connectivity index (χ3n) is 4.01. The van der Waals surface area contributed by atoms with Crippen LogP contribution >= 0.6 is 0 Å². The number of benzene rings is 1. The average molecular weight is 328 g/mol. The highest BCUT2D eigenvalue weighted by Gasteiger charge is 2.31. The molecule has 1 N–H and O–H groups in total. The fourth-order valence-electron chi connectivity index (χ4n) is 2.86. The molecule has 8 heteroatoms. The number of anilines is 1. The van der Waals surface area contributed by atoms with Crippen LogP contribution in [0.3, 0.4) is 0 Å². The standard InChI is InChI=1S/C16H16N4O4/c1-10-9-14(19-8-2-3-13(19)16(21)22)18-15(17-10)11-4-6-12(7-5-11)20(23)24/h4-7,9,13H,2-3,8H2,1H3,(H,21,22)/t13-/m1/s1. The van der Waals surface area contributed by atoms with E-state index in [0.29, 0.717) is 35.9 Å². The number of carbonyl (C=O) groups is 1. The van der Waals surface area contributed by atoms with Gasteiger partial charge in [-0.2, -0.15) is 0 Å². The summed E-state index contributed by atoms with van der Waals surface area (Å²) in [6.45, 7) is 2.44. The highest BCUT2D eigenvalue weighted by molar-refractivity contribution is 5.78. The van der Waals surface area contributed by atoms with E-state index in [1.165, 1.54) is 12.1 Å². The van der Waals surface area contributed by atoms with Gasteiger partial charge in [0.25, 0.3) is 5.69 Å².